The number of hydrogen-bond donors (Lipinski definition) is 0. The molecule has 0 bridgehead atoms. The Balaban J connectivity index is 2.17. The Labute approximate surface area is 109 Å². The van der Waals surface area contributed by atoms with Gasteiger partial charge in [-0.3, -0.25) is 0 Å². The van der Waals surface area contributed by atoms with Crippen LogP contribution in [-0.4, -0.2) is 19.3 Å². The third-order valence-corrected chi connectivity index (χ3v) is 3.27. The summed E-state index contributed by atoms with van der Waals surface area (Å²) in [5.41, 5.74) is 1.83. The second-order valence-corrected chi connectivity index (χ2v) is 4.53. The van der Waals surface area contributed by atoms with Crippen molar-refractivity contribution in [1.82, 2.24) is 0 Å². The molecule has 2 nitrogen and oxygen atoms in total. The van der Waals surface area contributed by atoms with Crippen LogP contribution in [0, 0.1) is 18.3 Å². The van der Waals surface area contributed by atoms with E-state index in [4.69, 9.17) is 5.26 Å². The Morgan fingerprint density at radius 1 is 1.32 bits per heavy atom. The van der Waals surface area contributed by atoms with Crippen LogP contribution in [-0.2, 0) is 0 Å². The molecule has 0 saturated carbocycles. The number of nitrogens with zero attached hydrogens (tertiary/aromatic N) is 2. The van der Waals surface area contributed by atoms with Gasteiger partial charge >= 0.3 is 6.18 Å². The SMILES string of the molecule is Cc1cc(N2CC=C(C(F)(F)F)CC2)ccc1C#N. The van der Waals surface area contributed by atoms with Gasteiger partial charge < -0.3 is 4.90 Å². The zero-order valence-corrected chi connectivity index (χ0v) is 10.5. The normalized spacial score (nSPS) is 15.9. The number of halogens is 3. The lowest BCUT2D eigenvalue weighted by Gasteiger charge is -2.29. The van der Waals surface area contributed by atoms with E-state index in [1.54, 1.807) is 12.1 Å². The van der Waals surface area contributed by atoms with Gasteiger partial charge in [-0.15, -0.1) is 0 Å². The Bertz CT molecular complexity index is 553. The van der Waals surface area contributed by atoms with Crippen molar-refractivity contribution in [3.05, 3.63) is 41.0 Å². The van der Waals surface area contributed by atoms with E-state index in [9.17, 15) is 13.2 Å². The summed E-state index contributed by atoms with van der Waals surface area (Å²) in [6, 6.07) is 7.39. The lowest BCUT2D eigenvalue weighted by Crippen LogP contribution is -2.31. The Morgan fingerprint density at radius 2 is 2.05 bits per heavy atom. The Kier molecular flexibility index (Phi) is 3.52. The lowest BCUT2D eigenvalue weighted by molar-refractivity contribution is -0.0943. The summed E-state index contributed by atoms with van der Waals surface area (Å²) >= 11 is 0. The topological polar surface area (TPSA) is 27.0 Å². The van der Waals surface area contributed by atoms with Gasteiger partial charge in [0.05, 0.1) is 11.6 Å². The van der Waals surface area contributed by atoms with Crippen molar-refractivity contribution in [2.45, 2.75) is 19.5 Å². The van der Waals surface area contributed by atoms with Crippen LogP contribution in [0.5, 0.6) is 0 Å². The highest BCUT2D eigenvalue weighted by molar-refractivity contribution is 5.54. The number of anilines is 1. The number of benzene rings is 1. The molecule has 5 heteroatoms. The zero-order valence-electron chi connectivity index (χ0n) is 10.5. The minimum absolute atomic E-state index is 0.00253. The van der Waals surface area contributed by atoms with Crippen LogP contribution in [0.1, 0.15) is 17.5 Å². The van der Waals surface area contributed by atoms with E-state index in [-0.39, 0.29) is 13.0 Å². The first kappa shape index (κ1) is 13.5. The average molecular weight is 266 g/mol. The number of alkyl halides is 3. The molecular formula is C14H13F3N2. The van der Waals surface area contributed by atoms with E-state index in [2.05, 4.69) is 6.07 Å². The Hall–Kier alpha value is -1.96. The van der Waals surface area contributed by atoms with E-state index in [0.29, 0.717) is 12.1 Å². The molecule has 0 aromatic heterocycles. The quantitative estimate of drug-likeness (QED) is 0.727. The predicted octanol–water partition coefficient (Wildman–Crippen LogP) is 3.57. The summed E-state index contributed by atoms with van der Waals surface area (Å²) in [4.78, 5) is 1.88. The van der Waals surface area contributed by atoms with Gasteiger partial charge in [0, 0.05) is 24.4 Å². The predicted molar refractivity (Wildman–Crippen MR) is 66.9 cm³/mol. The molecule has 1 aliphatic heterocycles. The van der Waals surface area contributed by atoms with Gasteiger partial charge in [-0.25, -0.2) is 0 Å². The maximum absolute atomic E-state index is 12.5. The smallest absolute Gasteiger partial charge is 0.367 e. The van der Waals surface area contributed by atoms with Crippen LogP contribution in [0.4, 0.5) is 18.9 Å². The molecule has 0 unspecified atom stereocenters. The maximum Gasteiger partial charge on any atom is 0.412 e. The minimum atomic E-state index is -4.22. The van der Waals surface area contributed by atoms with Gasteiger partial charge in [0.1, 0.15) is 0 Å². The van der Waals surface area contributed by atoms with E-state index in [1.165, 1.54) is 6.08 Å². The van der Waals surface area contributed by atoms with Gasteiger partial charge in [-0.1, -0.05) is 6.08 Å². The Morgan fingerprint density at radius 3 is 2.53 bits per heavy atom. The summed E-state index contributed by atoms with van der Waals surface area (Å²) in [6.07, 6.45) is -2.98. The van der Waals surface area contributed by atoms with Crippen molar-refractivity contribution in [2.24, 2.45) is 0 Å². The molecular weight excluding hydrogens is 253 g/mol. The molecule has 2 rings (SSSR count). The highest BCUT2D eigenvalue weighted by atomic mass is 19.4. The number of nitriles is 1. The molecule has 0 amide bonds. The molecule has 0 saturated heterocycles. The van der Waals surface area contributed by atoms with Crippen LogP contribution in [0.3, 0.4) is 0 Å². The zero-order chi connectivity index (χ0) is 14.0. The monoisotopic (exact) mass is 266 g/mol. The number of hydrogen-bond acceptors (Lipinski definition) is 2. The largest absolute Gasteiger partial charge is 0.412 e. The molecule has 0 spiro atoms. The summed E-state index contributed by atoms with van der Waals surface area (Å²) in [5, 5.41) is 8.85. The van der Waals surface area contributed by atoms with Gasteiger partial charge in [-0.2, -0.15) is 18.4 Å². The van der Waals surface area contributed by atoms with Crippen molar-refractivity contribution >= 4 is 5.69 Å². The summed E-state index contributed by atoms with van der Waals surface area (Å²) in [5.74, 6) is 0. The second-order valence-electron chi connectivity index (χ2n) is 4.53. The molecule has 19 heavy (non-hydrogen) atoms. The van der Waals surface area contributed by atoms with Crippen molar-refractivity contribution in [3.8, 4) is 6.07 Å². The number of aryl methyl sites for hydroxylation is 1. The average Bonchev–Trinajstić information content (AvgIpc) is 2.38. The fraction of sp³-hybridized carbons (Fsp3) is 0.357. The lowest BCUT2D eigenvalue weighted by atomic mass is 10.0. The minimum Gasteiger partial charge on any atom is -0.367 e. The third kappa shape index (κ3) is 2.90. The maximum atomic E-state index is 12.5. The van der Waals surface area contributed by atoms with Gasteiger partial charge in [0.2, 0.25) is 0 Å². The van der Waals surface area contributed by atoms with Crippen LogP contribution < -0.4 is 4.90 Å². The molecule has 1 heterocycles. The van der Waals surface area contributed by atoms with Gasteiger partial charge in [-0.05, 0) is 37.1 Å². The molecule has 1 aromatic rings. The second kappa shape index (κ2) is 4.96. The molecule has 0 radical (unpaired) electrons. The van der Waals surface area contributed by atoms with Crippen LogP contribution >= 0.6 is 0 Å². The summed E-state index contributed by atoms with van der Waals surface area (Å²) < 4.78 is 37.5. The number of rotatable bonds is 1. The fourth-order valence-corrected chi connectivity index (χ4v) is 2.13. The van der Waals surface area contributed by atoms with Crippen LogP contribution in [0.15, 0.2) is 29.8 Å². The molecule has 0 N–H and O–H groups in total. The molecule has 0 atom stereocenters. The first-order valence-corrected chi connectivity index (χ1v) is 5.94. The summed E-state index contributed by atoms with van der Waals surface area (Å²) in [6.45, 7) is 2.42. The molecule has 100 valence electrons. The standard InChI is InChI=1S/C14H13F3N2/c1-10-8-13(3-2-11(10)9-18)19-6-4-12(5-7-19)14(15,16)17/h2-4,8H,5-7H2,1H3. The van der Waals surface area contributed by atoms with E-state index in [1.807, 2.05) is 17.9 Å². The van der Waals surface area contributed by atoms with Crippen molar-refractivity contribution in [1.29, 1.82) is 5.26 Å². The van der Waals surface area contributed by atoms with E-state index >= 15 is 0 Å². The fourth-order valence-electron chi connectivity index (χ4n) is 2.13. The molecule has 0 aliphatic carbocycles. The first-order chi connectivity index (χ1) is 8.91. The molecule has 1 aliphatic rings. The van der Waals surface area contributed by atoms with Gasteiger partial charge in [0.25, 0.3) is 0 Å². The van der Waals surface area contributed by atoms with Crippen molar-refractivity contribution < 1.29 is 13.2 Å². The van der Waals surface area contributed by atoms with Gasteiger partial charge in [0.15, 0.2) is 0 Å². The van der Waals surface area contributed by atoms with E-state index in [0.717, 1.165) is 11.3 Å². The van der Waals surface area contributed by atoms with Crippen molar-refractivity contribution in [2.75, 3.05) is 18.0 Å². The third-order valence-electron chi connectivity index (χ3n) is 3.27. The highest BCUT2D eigenvalue weighted by Gasteiger charge is 2.34. The molecule has 0 fully saturated rings. The van der Waals surface area contributed by atoms with Crippen LogP contribution in [0.2, 0.25) is 0 Å². The first-order valence-electron chi connectivity index (χ1n) is 5.94. The van der Waals surface area contributed by atoms with Crippen LogP contribution in [0.25, 0.3) is 0 Å². The molecule has 1 aromatic carbocycles. The van der Waals surface area contributed by atoms with Crippen molar-refractivity contribution in [3.63, 3.8) is 0 Å². The highest BCUT2D eigenvalue weighted by Crippen LogP contribution is 2.31. The summed E-state index contributed by atoms with van der Waals surface area (Å²) in [7, 11) is 0. The van der Waals surface area contributed by atoms with E-state index < -0.39 is 11.7 Å².